The third-order valence-corrected chi connectivity index (χ3v) is 2.09. The molecule has 0 unspecified atom stereocenters. The van der Waals surface area contributed by atoms with Crippen molar-refractivity contribution in [1.82, 2.24) is 0 Å². The second-order valence-corrected chi connectivity index (χ2v) is 3.57. The molecule has 0 aromatic heterocycles. The first-order valence-corrected chi connectivity index (χ1v) is 5.49. The number of nitriles is 1. The van der Waals surface area contributed by atoms with Crippen LogP contribution in [0.15, 0.2) is 18.2 Å². The van der Waals surface area contributed by atoms with E-state index < -0.39 is 0 Å². The van der Waals surface area contributed by atoms with Crippen LogP contribution in [0.5, 0.6) is 5.75 Å². The minimum absolute atomic E-state index is 0.484. The molecule has 0 fully saturated rings. The maximum atomic E-state index is 8.89. The topological polar surface area (TPSA) is 42.2 Å². The Bertz CT molecular complexity index is 369. The predicted molar refractivity (Wildman–Crippen MR) is 62.5 cm³/mol. The SMILES string of the molecule is CCCOCCOc1cc(C)ccc1C#N. The molecular formula is C13H17NO2. The van der Waals surface area contributed by atoms with Gasteiger partial charge in [0.15, 0.2) is 0 Å². The average Bonchev–Trinajstić information content (AvgIpc) is 2.29. The highest BCUT2D eigenvalue weighted by Crippen LogP contribution is 2.19. The summed E-state index contributed by atoms with van der Waals surface area (Å²) in [6, 6.07) is 7.66. The fourth-order valence-electron chi connectivity index (χ4n) is 1.30. The summed E-state index contributed by atoms with van der Waals surface area (Å²) >= 11 is 0. The first-order valence-electron chi connectivity index (χ1n) is 5.49. The van der Waals surface area contributed by atoms with Crippen molar-refractivity contribution in [1.29, 1.82) is 5.26 Å². The molecule has 1 rings (SSSR count). The molecular weight excluding hydrogens is 202 g/mol. The van der Waals surface area contributed by atoms with Crippen LogP contribution in [-0.2, 0) is 4.74 Å². The van der Waals surface area contributed by atoms with E-state index >= 15 is 0 Å². The third-order valence-electron chi connectivity index (χ3n) is 2.09. The molecule has 1 aromatic carbocycles. The monoisotopic (exact) mass is 219 g/mol. The van der Waals surface area contributed by atoms with Crippen molar-refractivity contribution >= 4 is 0 Å². The van der Waals surface area contributed by atoms with Crippen LogP contribution in [-0.4, -0.2) is 19.8 Å². The number of benzene rings is 1. The lowest BCUT2D eigenvalue weighted by atomic mass is 10.1. The molecule has 0 bridgehead atoms. The van der Waals surface area contributed by atoms with Crippen molar-refractivity contribution in [2.45, 2.75) is 20.3 Å². The standard InChI is InChI=1S/C13H17NO2/c1-3-6-15-7-8-16-13-9-11(2)4-5-12(13)10-14/h4-5,9H,3,6-8H2,1-2H3. The normalized spacial score (nSPS) is 9.81. The first kappa shape index (κ1) is 12.5. The van der Waals surface area contributed by atoms with Crippen LogP contribution >= 0.6 is 0 Å². The number of rotatable bonds is 6. The van der Waals surface area contributed by atoms with Gasteiger partial charge in [-0.2, -0.15) is 5.26 Å². The summed E-state index contributed by atoms with van der Waals surface area (Å²) in [5.74, 6) is 0.641. The Morgan fingerprint density at radius 2 is 2.06 bits per heavy atom. The molecule has 0 saturated carbocycles. The van der Waals surface area contributed by atoms with Gasteiger partial charge in [0.1, 0.15) is 18.4 Å². The van der Waals surface area contributed by atoms with Crippen LogP contribution in [0.3, 0.4) is 0 Å². The van der Waals surface area contributed by atoms with Crippen LogP contribution in [0, 0.1) is 18.3 Å². The van der Waals surface area contributed by atoms with Gasteiger partial charge in [0.05, 0.1) is 12.2 Å². The van der Waals surface area contributed by atoms with E-state index in [0.717, 1.165) is 18.6 Å². The Labute approximate surface area is 96.6 Å². The van der Waals surface area contributed by atoms with Crippen molar-refractivity contribution in [3.63, 3.8) is 0 Å². The smallest absolute Gasteiger partial charge is 0.137 e. The van der Waals surface area contributed by atoms with Gasteiger partial charge in [-0.25, -0.2) is 0 Å². The molecule has 0 spiro atoms. The molecule has 0 atom stereocenters. The van der Waals surface area contributed by atoms with Crippen molar-refractivity contribution in [3.05, 3.63) is 29.3 Å². The Kier molecular flexibility index (Phi) is 5.38. The van der Waals surface area contributed by atoms with Gasteiger partial charge < -0.3 is 9.47 Å². The fourth-order valence-corrected chi connectivity index (χ4v) is 1.30. The molecule has 0 aliphatic carbocycles. The Morgan fingerprint density at radius 1 is 1.25 bits per heavy atom. The van der Waals surface area contributed by atoms with Crippen LogP contribution in [0.2, 0.25) is 0 Å². The largest absolute Gasteiger partial charge is 0.490 e. The van der Waals surface area contributed by atoms with Gasteiger partial charge in [-0.3, -0.25) is 0 Å². The highest BCUT2D eigenvalue weighted by molar-refractivity contribution is 5.44. The number of ether oxygens (including phenoxy) is 2. The van der Waals surface area contributed by atoms with Crippen molar-refractivity contribution in [2.24, 2.45) is 0 Å². The van der Waals surface area contributed by atoms with Crippen molar-refractivity contribution in [3.8, 4) is 11.8 Å². The van der Waals surface area contributed by atoms with Crippen molar-refractivity contribution in [2.75, 3.05) is 19.8 Å². The van der Waals surface area contributed by atoms with E-state index in [-0.39, 0.29) is 0 Å². The lowest BCUT2D eigenvalue weighted by Crippen LogP contribution is -2.08. The molecule has 3 heteroatoms. The van der Waals surface area contributed by atoms with E-state index in [0.29, 0.717) is 24.5 Å². The van der Waals surface area contributed by atoms with E-state index in [1.54, 1.807) is 6.07 Å². The van der Waals surface area contributed by atoms with E-state index in [1.165, 1.54) is 0 Å². The fraction of sp³-hybridized carbons (Fsp3) is 0.462. The molecule has 86 valence electrons. The van der Waals surface area contributed by atoms with E-state index in [4.69, 9.17) is 14.7 Å². The maximum absolute atomic E-state index is 8.89. The summed E-state index contributed by atoms with van der Waals surface area (Å²) in [4.78, 5) is 0. The molecule has 0 N–H and O–H groups in total. The number of hydrogen-bond acceptors (Lipinski definition) is 3. The Morgan fingerprint density at radius 3 is 2.75 bits per heavy atom. The maximum Gasteiger partial charge on any atom is 0.137 e. The number of hydrogen-bond donors (Lipinski definition) is 0. The van der Waals surface area contributed by atoms with Gasteiger partial charge in [-0.15, -0.1) is 0 Å². The number of aryl methyl sites for hydroxylation is 1. The summed E-state index contributed by atoms with van der Waals surface area (Å²) in [6.07, 6.45) is 1.01. The lowest BCUT2D eigenvalue weighted by Gasteiger charge is -2.08. The Balaban J connectivity index is 2.46. The average molecular weight is 219 g/mol. The molecule has 0 radical (unpaired) electrons. The van der Waals surface area contributed by atoms with Gasteiger partial charge in [0.25, 0.3) is 0 Å². The van der Waals surface area contributed by atoms with Crippen LogP contribution in [0.1, 0.15) is 24.5 Å². The molecule has 3 nitrogen and oxygen atoms in total. The predicted octanol–water partition coefficient (Wildman–Crippen LogP) is 2.67. The van der Waals surface area contributed by atoms with Gasteiger partial charge >= 0.3 is 0 Å². The summed E-state index contributed by atoms with van der Waals surface area (Å²) in [5.41, 5.74) is 1.66. The van der Waals surface area contributed by atoms with Gasteiger partial charge in [-0.05, 0) is 31.0 Å². The van der Waals surface area contributed by atoms with Gasteiger partial charge in [0, 0.05) is 6.61 Å². The highest BCUT2D eigenvalue weighted by atomic mass is 16.5. The molecule has 0 saturated heterocycles. The van der Waals surface area contributed by atoms with E-state index in [2.05, 4.69) is 13.0 Å². The Hall–Kier alpha value is -1.53. The minimum Gasteiger partial charge on any atom is -0.490 e. The van der Waals surface area contributed by atoms with Gasteiger partial charge in [0.2, 0.25) is 0 Å². The quantitative estimate of drug-likeness (QED) is 0.691. The summed E-state index contributed by atoms with van der Waals surface area (Å²) in [6.45, 7) is 5.84. The zero-order chi connectivity index (χ0) is 11.8. The molecule has 1 aromatic rings. The summed E-state index contributed by atoms with van der Waals surface area (Å²) < 4.78 is 10.8. The molecule has 16 heavy (non-hydrogen) atoms. The molecule has 0 heterocycles. The zero-order valence-electron chi connectivity index (χ0n) is 9.82. The third kappa shape index (κ3) is 3.92. The highest BCUT2D eigenvalue weighted by Gasteiger charge is 2.02. The summed E-state index contributed by atoms with van der Waals surface area (Å²) in [5, 5.41) is 8.89. The first-order chi connectivity index (χ1) is 7.77. The van der Waals surface area contributed by atoms with E-state index in [9.17, 15) is 0 Å². The zero-order valence-corrected chi connectivity index (χ0v) is 9.82. The van der Waals surface area contributed by atoms with E-state index in [1.807, 2.05) is 19.1 Å². The molecule has 0 aliphatic heterocycles. The second-order valence-electron chi connectivity index (χ2n) is 3.57. The van der Waals surface area contributed by atoms with Gasteiger partial charge in [-0.1, -0.05) is 13.0 Å². The molecule has 0 amide bonds. The van der Waals surface area contributed by atoms with Crippen molar-refractivity contribution < 1.29 is 9.47 Å². The summed E-state index contributed by atoms with van der Waals surface area (Å²) in [7, 11) is 0. The van der Waals surface area contributed by atoms with Crippen LogP contribution < -0.4 is 4.74 Å². The van der Waals surface area contributed by atoms with Crippen LogP contribution in [0.4, 0.5) is 0 Å². The number of nitrogens with zero attached hydrogens (tertiary/aromatic N) is 1. The molecule has 0 aliphatic rings. The minimum atomic E-state index is 0.484. The van der Waals surface area contributed by atoms with Crippen LogP contribution in [0.25, 0.3) is 0 Å². The lowest BCUT2D eigenvalue weighted by molar-refractivity contribution is 0.100. The second kappa shape index (κ2) is 6.86.